The van der Waals surface area contributed by atoms with Crippen LogP contribution >= 0.6 is 11.6 Å². The van der Waals surface area contributed by atoms with Crippen LogP contribution in [0.1, 0.15) is 43.1 Å². The first-order valence-electron chi connectivity index (χ1n) is 7.26. The van der Waals surface area contributed by atoms with Crippen LogP contribution in [0.15, 0.2) is 6.20 Å². The Labute approximate surface area is 128 Å². The molecule has 1 heterocycles. The summed E-state index contributed by atoms with van der Waals surface area (Å²) >= 11 is 5.98. The molecule has 1 fully saturated rings. The molecule has 1 aromatic heterocycles. The molecule has 7 heteroatoms. The fourth-order valence-corrected chi connectivity index (χ4v) is 3.03. The van der Waals surface area contributed by atoms with Gasteiger partial charge in [0.05, 0.1) is 10.9 Å². The Kier molecular flexibility index (Phi) is 5.22. The van der Waals surface area contributed by atoms with Crippen molar-refractivity contribution in [3.05, 3.63) is 16.9 Å². The molecule has 2 N–H and O–H groups in total. The number of aryl methyl sites for hydroxylation is 1. The van der Waals surface area contributed by atoms with Crippen LogP contribution in [-0.2, 0) is 11.3 Å². The number of amides is 1. The highest BCUT2D eigenvalue weighted by Crippen LogP contribution is 2.29. The number of hydrogen-bond acceptors (Lipinski definition) is 3. The normalized spacial score (nSPS) is 22.0. The monoisotopic (exact) mass is 313 g/mol. The van der Waals surface area contributed by atoms with Crippen molar-refractivity contribution in [1.29, 1.82) is 0 Å². The lowest BCUT2D eigenvalue weighted by Gasteiger charge is -2.28. The largest absolute Gasteiger partial charge is 0.481 e. The van der Waals surface area contributed by atoms with E-state index in [-0.39, 0.29) is 23.4 Å². The third-order valence-electron chi connectivity index (χ3n) is 4.01. The standard InChI is InChI=1S/C14H20ClN3O3/c1-2-18-8-11(15)12(17-18)13(19)16-7-9-5-3-4-6-10(9)14(20)21/h8-10H,2-7H2,1H3,(H,16,19)(H,20,21)/t9-,10-/m0/s1. The summed E-state index contributed by atoms with van der Waals surface area (Å²) in [5.41, 5.74) is 0.196. The van der Waals surface area contributed by atoms with Crippen LogP contribution in [0, 0.1) is 11.8 Å². The number of carboxylic acid groups (broad SMARTS) is 1. The van der Waals surface area contributed by atoms with E-state index < -0.39 is 5.97 Å². The number of aromatic nitrogens is 2. The highest BCUT2D eigenvalue weighted by molar-refractivity contribution is 6.33. The molecule has 1 aromatic rings. The molecule has 1 aliphatic rings. The molecule has 21 heavy (non-hydrogen) atoms. The van der Waals surface area contributed by atoms with Crippen molar-refractivity contribution in [2.45, 2.75) is 39.2 Å². The first-order valence-corrected chi connectivity index (χ1v) is 7.64. The molecular formula is C14H20ClN3O3. The molecule has 0 spiro atoms. The lowest BCUT2D eigenvalue weighted by atomic mass is 9.79. The van der Waals surface area contributed by atoms with Crippen LogP contribution in [0.5, 0.6) is 0 Å². The average molecular weight is 314 g/mol. The molecule has 1 amide bonds. The Hall–Kier alpha value is -1.56. The SMILES string of the molecule is CCn1cc(Cl)c(C(=O)NC[C@@H]2CCCC[C@@H]2C(=O)O)n1. The summed E-state index contributed by atoms with van der Waals surface area (Å²) in [6.07, 6.45) is 5.07. The Balaban J connectivity index is 1.96. The molecule has 0 radical (unpaired) electrons. The van der Waals surface area contributed by atoms with E-state index in [2.05, 4.69) is 10.4 Å². The van der Waals surface area contributed by atoms with Gasteiger partial charge in [-0.15, -0.1) is 0 Å². The minimum absolute atomic E-state index is 0.0211. The highest BCUT2D eigenvalue weighted by atomic mass is 35.5. The van der Waals surface area contributed by atoms with Gasteiger partial charge in [-0.1, -0.05) is 24.4 Å². The summed E-state index contributed by atoms with van der Waals surface area (Å²) in [5.74, 6) is -1.51. The molecule has 2 atom stereocenters. The highest BCUT2D eigenvalue weighted by Gasteiger charge is 2.31. The number of halogens is 1. The molecule has 0 unspecified atom stereocenters. The molecule has 2 rings (SSSR count). The molecule has 0 saturated heterocycles. The van der Waals surface area contributed by atoms with E-state index in [1.165, 1.54) is 0 Å². The number of nitrogens with one attached hydrogen (secondary N) is 1. The van der Waals surface area contributed by atoms with Crippen molar-refractivity contribution < 1.29 is 14.7 Å². The number of carbonyl (C=O) groups is 2. The molecule has 1 saturated carbocycles. The zero-order valence-electron chi connectivity index (χ0n) is 12.0. The summed E-state index contributed by atoms with van der Waals surface area (Å²) in [7, 11) is 0. The summed E-state index contributed by atoms with van der Waals surface area (Å²) in [4.78, 5) is 23.3. The van der Waals surface area contributed by atoms with Gasteiger partial charge >= 0.3 is 5.97 Å². The van der Waals surface area contributed by atoms with E-state index in [4.69, 9.17) is 11.6 Å². The number of carboxylic acids is 1. The minimum Gasteiger partial charge on any atom is -0.481 e. The molecule has 1 aliphatic carbocycles. The number of carbonyl (C=O) groups excluding carboxylic acids is 1. The van der Waals surface area contributed by atoms with E-state index in [1.54, 1.807) is 10.9 Å². The summed E-state index contributed by atoms with van der Waals surface area (Å²) < 4.78 is 1.60. The first kappa shape index (κ1) is 15.8. The maximum absolute atomic E-state index is 12.1. The second-order valence-electron chi connectivity index (χ2n) is 5.38. The zero-order valence-corrected chi connectivity index (χ0v) is 12.8. The van der Waals surface area contributed by atoms with Crippen molar-refractivity contribution in [2.24, 2.45) is 11.8 Å². The fraction of sp³-hybridized carbons (Fsp3) is 0.643. The summed E-state index contributed by atoms with van der Waals surface area (Å²) in [6, 6.07) is 0. The lowest BCUT2D eigenvalue weighted by Crippen LogP contribution is -2.37. The second-order valence-corrected chi connectivity index (χ2v) is 5.79. The Morgan fingerprint density at radius 2 is 2.19 bits per heavy atom. The van der Waals surface area contributed by atoms with Crippen LogP contribution < -0.4 is 5.32 Å². The number of rotatable bonds is 5. The van der Waals surface area contributed by atoms with Crippen LogP contribution in [-0.4, -0.2) is 33.3 Å². The predicted octanol–water partition coefficient (Wildman–Crippen LogP) is 2.18. The molecule has 0 bridgehead atoms. The van der Waals surface area contributed by atoms with E-state index in [0.29, 0.717) is 24.5 Å². The summed E-state index contributed by atoms with van der Waals surface area (Å²) in [5, 5.41) is 16.4. The van der Waals surface area contributed by atoms with E-state index >= 15 is 0 Å². The van der Waals surface area contributed by atoms with Crippen molar-refractivity contribution in [3.63, 3.8) is 0 Å². The van der Waals surface area contributed by atoms with Crippen LogP contribution in [0.4, 0.5) is 0 Å². The van der Waals surface area contributed by atoms with Crippen LogP contribution in [0.2, 0.25) is 5.02 Å². The van der Waals surface area contributed by atoms with Gasteiger partial charge in [0.1, 0.15) is 0 Å². The average Bonchev–Trinajstić information content (AvgIpc) is 2.86. The van der Waals surface area contributed by atoms with E-state index in [9.17, 15) is 14.7 Å². The molecule has 6 nitrogen and oxygen atoms in total. The Bertz CT molecular complexity index is 530. The summed E-state index contributed by atoms with van der Waals surface area (Å²) in [6.45, 7) is 2.90. The van der Waals surface area contributed by atoms with Gasteiger partial charge in [-0.25, -0.2) is 0 Å². The van der Waals surface area contributed by atoms with Gasteiger partial charge in [0, 0.05) is 19.3 Å². The van der Waals surface area contributed by atoms with Crippen molar-refractivity contribution in [3.8, 4) is 0 Å². The predicted molar refractivity (Wildman–Crippen MR) is 78.3 cm³/mol. The Morgan fingerprint density at radius 3 is 2.81 bits per heavy atom. The van der Waals surface area contributed by atoms with Gasteiger partial charge < -0.3 is 10.4 Å². The molecule has 0 aromatic carbocycles. The van der Waals surface area contributed by atoms with Crippen LogP contribution in [0.25, 0.3) is 0 Å². The van der Waals surface area contributed by atoms with Crippen molar-refractivity contribution in [1.82, 2.24) is 15.1 Å². The van der Waals surface area contributed by atoms with E-state index in [1.807, 2.05) is 6.92 Å². The molecule has 116 valence electrons. The lowest BCUT2D eigenvalue weighted by molar-refractivity contribution is -0.144. The van der Waals surface area contributed by atoms with Crippen molar-refractivity contribution >= 4 is 23.5 Å². The second kappa shape index (κ2) is 6.93. The third kappa shape index (κ3) is 3.75. The van der Waals surface area contributed by atoms with Gasteiger partial charge in [0.2, 0.25) is 0 Å². The van der Waals surface area contributed by atoms with Gasteiger partial charge in [-0.05, 0) is 25.7 Å². The zero-order chi connectivity index (χ0) is 15.4. The number of aliphatic carboxylic acids is 1. The Morgan fingerprint density at radius 1 is 1.48 bits per heavy atom. The quantitative estimate of drug-likeness (QED) is 0.872. The van der Waals surface area contributed by atoms with Crippen molar-refractivity contribution in [2.75, 3.05) is 6.54 Å². The molecular weight excluding hydrogens is 294 g/mol. The van der Waals surface area contributed by atoms with Gasteiger partial charge in [0.15, 0.2) is 5.69 Å². The number of nitrogens with zero attached hydrogens (tertiary/aromatic N) is 2. The number of hydrogen-bond donors (Lipinski definition) is 2. The smallest absolute Gasteiger partial charge is 0.306 e. The van der Waals surface area contributed by atoms with Crippen LogP contribution in [0.3, 0.4) is 0 Å². The van der Waals surface area contributed by atoms with Gasteiger partial charge in [0.25, 0.3) is 5.91 Å². The van der Waals surface area contributed by atoms with Gasteiger partial charge in [-0.2, -0.15) is 5.10 Å². The maximum atomic E-state index is 12.1. The minimum atomic E-state index is -0.776. The molecule has 0 aliphatic heterocycles. The fourth-order valence-electron chi connectivity index (χ4n) is 2.80. The first-order chi connectivity index (χ1) is 10.0. The third-order valence-corrected chi connectivity index (χ3v) is 4.28. The maximum Gasteiger partial charge on any atom is 0.306 e. The van der Waals surface area contributed by atoms with E-state index in [0.717, 1.165) is 19.3 Å². The topological polar surface area (TPSA) is 84.2 Å². The van der Waals surface area contributed by atoms with Gasteiger partial charge in [-0.3, -0.25) is 14.3 Å².